The van der Waals surface area contributed by atoms with Gasteiger partial charge in [-0.3, -0.25) is 4.98 Å². The standard InChI is InChI=1S/C16H18ClN3OS/c17-15-14(5-9-22-15)19-16(21)20-7-3-12(4-8-20)10-13-2-1-6-18-11-13/h1-2,5-6,9,11-12H,3-4,7-8,10H2,(H,19,21). The number of thiophene rings is 1. The SMILES string of the molecule is O=C(Nc1ccsc1Cl)N1CCC(Cc2cccnc2)CC1. The zero-order valence-corrected chi connectivity index (χ0v) is 13.7. The molecule has 0 aliphatic carbocycles. The van der Waals surface area contributed by atoms with E-state index in [-0.39, 0.29) is 6.03 Å². The van der Waals surface area contributed by atoms with Crippen molar-refractivity contribution in [2.45, 2.75) is 19.3 Å². The summed E-state index contributed by atoms with van der Waals surface area (Å²) in [5.41, 5.74) is 1.98. The largest absolute Gasteiger partial charge is 0.325 e. The Hall–Kier alpha value is -1.59. The van der Waals surface area contributed by atoms with Crippen molar-refractivity contribution in [2.24, 2.45) is 5.92 Å². The van der Waals surface area contributed by atoms with Crippen molar-refractivity contribution < 1.29 is 4.79 Å². The Morgan fingerprint density at radius 3 is 2.86 bits per heavy atom. The fourth-order valence-electron chi connectivity index (χ4n) is 2.77. The Kier molecular flexibility index (Phi) is 4.95. The smallest absolute Gasteiger partial charge is 0.321 e. The van der Waals surface area contributed by atoms with E-state index in [0.29, 0.717) is 15.9 Å². The molecule has 0 saturated carbocycles. The molecule has 1 N–H and O–H groups in total. The molecule has 1 aliphatic rings. The number of urea groups is 1. The minimum Gasteiger partial charge on any atom is -0.325 e. The zero-order chi connectivity index (χ0) is 15.4. The maximum atomic E-state index is 12.2. The second-order valence-corrected chi connectivity index (χ2v) is 7.05. The lowest BCUT2D eigenvalue weighted by atomic mass is 9.91. The van der Waals surface area contributed by atoms with Gasteiger partial charge >= 0.3 is 6.03 Å². The summed E-state index contributed by atoms with van der Waals surface area (Å²) in [5, 5.41) is 4.75. The number of aromatic nitrogens is 1. The Balaban J connectivity index is 1.49. The molecule has 1 fully saturated rings. The van der Waals surface area contributed by atoms with E-state index in [4.69, 9.17) is 11.6 Å². The molecule has 0 radical (unpaired) electrons. The van der Waals surface area contributed by atoms with Crippen LogP contribution in [0.25, 0.3) is 0 Å². The summed E-state index contributed by atoms with van der Waals surface area (Å²) in [5.74, 6) is 0.623. The van der Waals surface area contributed by atoms with Gasteiger partial charge in [-0.15, -0.1) is 11.3 Å². The van der Waals surface area contributed by atoms with E-state index in [1.807, 2.05) is 28.6 Å². The Bertz CT molecular complexity index is 623. The third-order valence-electron chi connectivity index (χ3n) is 4.01. The predicted molar refractivity (Wildman–Crippen MR) is 90.6 cm³/mol. The van der Waals surface area contributed by atoms with Gasteiger partial charge < -0.3 is 10.2 Å². The number of nitrogens with zero attached hydrogens (tertiary/aromatic N) is 2. The average molecular weight is 336 g/mol. The van der Waals surface area contributed by atoms with Crippen LogP contribution < -0.4 is 5.32 Å². The van der Waals surface area contributed by atoms with Crippen LogP contribution in [0.4, 0.5) is 10.5 Å². The molecule has 3 rings (SSSR count). The lowest BCUT2D eigenvalue weighted by Crippen LogP contribution is -2.41. The molecule has 2 amide bonds. The summed E-state index contributed by atoms with van der Waals surface area (Å²) in [4.78, 5) is 18.3. The van der Waals surface area contributed by atoms with E-state index >= 15 is 0 Å². The van der Waals surface area contributed by atoms with Crippen LogP contribution in [0.5, 0.6) is 0 Å². The number of hydrogen-bond donors (Lipinski definition) is 1. The molecule has 4 nitrogen and oxygen atoms in total. The number of amides is 2. The van der Waals surface area contributed by atoms with Gasteiger partial charge in [0.05, 0.1) is 5.69 Å². The van der Waals surface area contributed by atoms with Crippen LogP contribution in [-0.4, -0.2) is 29.0 Å². The van der Waals surface area contributed by atoms with Crippen molar-refractivity contribution in [2.75, 3.05) is 18.4 Å². The molecule has 1 aliphatic heterocycles. The van der Waals surface area contributed by atoms with Gasteiger partial charge in [-0.25, -0.2) is 4.79 Å². The van der Waals surface area contributed by atoms with Crippen LogP contribution >= 0.6 is 22.9 Å². The van der Waals surface area contributed by atoms with Gasteiger partial charge in [0.25, 0.3) is 0 Å². The van der Waals surface area contributed by atoms with Crippen LogP contribution in [0.1, 0.15) is 18.4 Å². The Morgan fingerprint density at radius 2 is 2.23 bits per heavy atom. The van der Waals surface area contributed by atoms with E-state index < -0.39 is 0 Å². The fourth-order valence-corrected chi connectivity index (χ4v) is 3.60. The molecular formula is C16H18ClN3OS. The highest BCUT2D eigenvalue weighted by Gasteiger charge is 2.23. The maximum Gasteiger partial charge on any atom is 0.321 e. The van der Waals surface area contributed by atoms with Gasteiger partial charge in [-0.1, -0.05) is 17.7 Å². The highest BCUT2D eigenvalue weighted by atomic mass is 35.5. The minimum atomic E-state index is -0.0554. The second kappa shape index (κ2) is 7.11. The molecule has 1 saturated heterocycles. The van der Waals surface area contributed by atoms with E-state index in [2.05, 4.69) is 16.4 Å². The molecule has 2 aromatic rings. The zero-order valence-electron chi connectivity index (χ0n) is 12.2. The number of likely N-dealkylation sites (tertiary alicyclic amines) is 1. The number of pyridine rings is 1. The maximum absolute atomic E-state index is 12.2. The summed E-state index contributed by atoms with van der Waals surface area (Å²) in [6, 6.07) is 5.87. The van der Waals surface area contributed by atoms with E-state index in [1.54, 1.807) is 6.20 Å². The first-order valence-electron chi connectivity index (χ1n) is 7.40. The van der Waals surface area contributed by atoms with Crippen LogP contribution in [0.2, 0.25) is 4.34 Å². The second-order valence-electron chi connectivity index (χ2n) is 5.53. The highest BCUT2D eigenvalue weighted by molar-refractivity contribution is 7.15. The normalized spacial score (nSPS) is 15.8. The third kappa shape index (κ3) is 3.78. The molecule has 116 valence electrons. The van der Waals surface area contributed by atoms with Gasteiger partial charge in [0.2, 0.25) is 0 Å². The number of halogens is 1. The van der Waals surface area contributed by atoms with Gasteiger partial charge in [-0.2, -0.15) is 0 Å². The fraction of sp³-hybridized carbons (Fsp3) is 0.375. The first kappa shape index (κ1) is 15.3. The predicted octanol–water partition coefficient (Wildman–Crippen LogP) is 4.28. The number of rotatable bonds is 3. The first-order chi connectivity index (χ1) is 10.7. The summed E-state index contributed by atoms with van der Waals surface area (Å²) in [7, 11) is 0. The molecule has 0 aromatic carbocycles. The van der Waals surface area contributed by atoms with Gasteiger partial charge in [0.15, 0.2) is 0 Å². The van der Waals surface area contributed by atoms with Gasteiger partial charge in [0.1, 0.15) is 4.34 Å². The molecular weight excluding hydrogens is 318 g/mol. The lowest BCUT2D eigenvalue weighted by Gasteiger charge is -2.32. The molecule has 2 aromatic heterocycles. The summed E-state index contributed by atoms with van der Waals surface area (Å²) >= 11 is 7.44. The third-order valence-corrected chi connectivity index (χ3v) is 5.18. The molecule has 3 heterocycles. The van der Waals surface area contributed by atoms with E-state index in [0.717, 1.165) is 32.4 Å². The van der Waals surface area contributed by atoms with E-state index in [9.17, 15) is 4.79 Å². The highest BCUT2D eigenvalue weighted by Crippen LogP contribution is 2.28. The van der Waals surface area contributed by atoms with Crippen molar-refractivity contribution in [3.63, 3.8) is 0 Å². The van der Waals surface area contributed by atoms with Crippen molar-refractivity contribution in [3.05, 3.63) is 45.9 Å². The summed E-state index contributed by atoms with van der Waals surface area (Å²) in [6.45, 7) is 1.58. The van der Waals surface area contributed by atoms with Crippen molar-refractivity contribution in [1.82, 2.24) is 9.88 Å². The Morgan fingerprint density at radius 1 is 1.41 bits per heavy atom. The van der Waals surface area contributed by atoms with Crippen LogP contribution in [0.15, 0.2) is 36.0 Å². The average Bonchev–Trinajstić information content (AvgIpc) is 2.94. The van der Waals surface area contributed by atoms with Crippen molar-refractivity contribution >= 4 is 34.7 Å². The monoisotopic (exact) mass is 335 g/mol. The Labute approximate surface area is 139 Å². The van der Waals surface area contributed by atoms with Crippen molar-refractivity contribution in [1.29, 1.82) is 0 Å². The molecule has 22 heavy (non-hydrogen) atoms. The first-order valence-corrected chi connectivity index (χ1v) is 8.66. The molecule has 0 atom stereocenters. The van der Waals surface area contributed by atoms with E-state index in [1.165, 1.54) is 16.9 Å². The number of carbonyl (C=O) groups excluding carboxylic acids is 1. The molecule has 0 spiro atoms. The lowest BCUT2D eigenvalue weighted by molar-refractivity contribution is 0.182. The molecule has 6 heteroatoms. The summed E-state index contributed by atoms with van der Waals surface area (Å²) < 4.78 is 0.625. The number of nitrogens with one attached hydrogen (secondary N) is 1. The number of hydrogen-bond acceptors (Lipinski definition) is 3. The van der Waals surface area contributed by atoms with Gasteiger partial charge in [-0.05, 0) is 48.3 Å². The van der Waals surface area contributed by atoms with Gasteiger partial charge in [0, 0.05) is 25.5 Å². The van der Waals surface area contributed by atoms with Crippen LogP contribution in [-0.2, 0) is 6.42 Å². The number of carbonyl (C=O) groups is 1. The quantitative estimate of drug-likeness (QED) is 0.909. The van der Waals surface area contributed by atoms with Crippen LogP contribution in [0, 0.1) is 5.92 Å². The van der Waals surface area contributed by atoms with Crippen LogP contribution in [0.3, 0.4) is 0 Å². The molecule has 0 bridgehead atoms. The molecule has 0 unspecified atom stereocenters. The topological polar surface area (TPSA) is 45.2 Å². The number of piperidine rings is 1. The summed E-state index contributed by atoms with van der Waals surface area (Å²) in [6.07, 6.45) is 6.82. The number of anilines is 1. The van der Waals surface area contributed by atoms with Crippen molar-refractivity contribution in [3.8, 4) is 0 Å². The minimum absolute atomic E-state index is 0.0554.